The molecular weight excluding hydrogens is 222 g/mol. The fourth-order valence-electron chi connectivity index (χ4n) is 1.76. The van der Waals surface area contributed by atoms with Crippen LogP contribution in [0.1, 0.15) is 30.9 Å². The maximum absolute atomic E-state index is 5.42. The van der Waals surface area contributed by atoms with Gasteiger partial charge >= 0.3 is 0 Å². The van der Waals surface area contributed by atoms with E-state index in [1.54, 1.807) is 0 Å². The molecule has 3 heteroatoms. The minimum Gasteiger partial charge on any atom is -0.323 e. The van der Waals surface area contributed by atoms with Crippen LogP contribution in [0.3, 0.4) is 0 Å². The lowest BCUT2D eigenvalue weighted by atomic mass is 10.1. The average molecular weight is 235 g/mol. The Labute approximate surface area is 101 Å². The second kappa shape index (κ2) is 4.37. The first kappa shape index (κ1) is 10.7. The highest BCUT2D eigenvalue weighted by molar-refractivity contribution is 7.82. The van der Waals surface area contributed by atoms with Gasteiger partial charge in [0.1, 0.15) is 9.98 Å². The summed E-state index contributed by atoms with van der Waals surface area (Å²) in [6.45, 7) is 3.12. The van der Waals surface area contributed by atoms with Gasteiger partial charge in [-0.3, -0.25) is 0 Å². The van der Waals surface area contributed by atoms with Gasteiger partial charge in [-0.15, -0.1) is 0 Å². The lowest BCUT2D eigenvalue weighted by molar-refractivity contribution is 0.592. The normalized spacial score (nSPS) is 14.6. The molecule has 0 unspecified atom stereocenters. The van der Waals surface area contributed by atoms with E-state index in [4.69, 9.17) is 24.4 Å². The predicted octanol–water partition coefficient (Wildman–Crippen LogP) is 3.15. The maximum atomic E-state index is 5.42. The third kappa shape index (κ3) is 1.82. The summed E-state index contributed by atoms with van der Waals surface area (Å²) in [7, 11) is 0. The zero-order valence-corrected chi connectivity index (χ0v) is 10.3. The molecule has 0 saturated carbocycles. The predicted molar refractivity (Wildman–Crippen MR) is 71.5 cm³/mol. The first-order valence-corrected chi connectivity index (χ1v) is 6.02. The van der Waals surface area contributed by atoms with Crippen molar-refractivity contribution < 1.29 is 0 Å². The molecule has 78 valence electrons. The molecule has 1 aromatic carbocycles. The Bertz CT molecular complexity index is 377. The molecule has 0 fully saturated rings. The van der Waals surface area contributed by atoms with Crippen molar-refractivity contribution in [3.05, 3.63) is 35.4 Å². The molecule has 0 radical (unpaired) electrons. The van der Waals surface area contributed by atoms with E-state index in [1.807, 2.05) is 12.1 Å². The van der Waals surface area contributed by atoms with E-state index in [2.05, 4.69) is 24.0 Å². The van der Waals surface area contributed by atoms with Crippen molar-refractivity contribution in [1.29, 1.82) is 0 Å². The number of fused-ring (bicyclic) bond motifs is 1. The summed E-state index contributed by atoms with van der Waals surface area (Å²) in [5, 5.41) is 0. The van der Waals surface area contributed by atoms with Crippen LogP contribution in [0.15, 0.2) is 24.3 Å². The third-order valence-electron chi connectivity index (χ3n) is 2.61. The van der Waals surface area contributed by atoms with Crippen LogP contribution in [0.2, 0.25) is 0 Å². The van der Waals surface area contributed by atoms with Crippen LogP contribution in [0.25, 0.3) is 0 Å². The fraction of sp³-hybridized carbons (Fsp3) is 0.333. The van der Waals surface area contributed by atoms with Crippen molar-refractivity contribution in [3.63, 3.8) is 0 Å². The lowest BCUT2D eigenvalue weighted by Gasteiger charge is -2.17. The number of unbranched alkanes of at least 4 members (excludes halogenated alkanes) is 1. The summed E-state index contributed by atoms with van der Waals surface area (Å²) < 4.78 is 0. The highest BCUT2D eigenvalue weighted by atomic mass is 32.1. The second-order valence-corrected chi connectivity index (χ2v) is 4.43. The number of thiocarbonyl (C=S) groups is 2. The number of hydrogen-bond acceptors (Lipinski definition) is 2. The minimum atomic E-state index is 0.893. The van der Waals surface area contributed by atoms with Gasteiger partial charge in [0.15, 0.2) is 0 Å². The highest BCUT2D eigenvalue weighted by Gasteiger charge is 2.27. The first-order valence-electron chi connectivity index (χ1n) is 5.21. The number of nitrogens with zero attached hydrogens (tertiary/aromatic N) is 1. The van der Waals surface area contributed by atoms with Gasteiger partial charge < -0.3 is 4.90 Å². The summed E-state index contributed by atoms with van der Waals surface area (Å²) in [6, 6.07) is 8.12. The van der Waals surface area contributed by atoms with Crippen molar-refractivity contribution in [2.75, 3.05) is 6.54 Å². The van der Waals surface area contributed by atoms with Gasteiger partial charge in [0, 0.05) is 17.7 Å². The zero-order chi connectivity index (χ0) is 10.8. The molecule has 0 aliphatic carbocycles. The Morgan fingerprint density at radius 3 is 2.07 bits per heavy atom. The molecule has 0 amide bonds. The van der Waals surface area contributed by atoms with Crippen LogP contribution in [0.4, 0.5) is 0 Å². The van der Waals surface area contributed by atoms with Crippen LogP contribution in [0.5, 0.6) is 0 Å². The van der Waals surface area contributed by atoms with Crippen LogP contribution in [-0.4, -0.2) is 21.4 Å². The molecule has 1 aliphatic rings. The molecule has 0 bridgehead atoms. The van der Waals surface area contributed by atoms with E-state index in [9.17, 15) is 0 Å². The lowest BCUT2D eigenvalue weighted by Crippen LogP contribution is -2.29. The summed E-state index contributed by atoms with van der Waals surface area (Å²) in [5.74, 6) is 0. The summed E-state index contributed by atoms with van der Waals surface area (Å²) in [6.07, 6.45) is 2.30. The van der Waals surface area contributed by atoms with Crippen molar-refractivity contribution in [1.82, 2.24) is 4.90 Å². The fourth-order valence-corrected chi connectivity index (χ4v) is 2.54. The quantitative estimate of drug-likeness (QED) is 0.741. The molecule has 1 aliphatic heterocycles. The van der Waals surface area contributed by atoms with Gasteiger partial charge in [0.2, 0.25) is 0 Å². The molecule has 0 spiro atoms. The van der Waals surface area contributed by atoms with Gasteiger partial charge in [-0.25, -0.2) is 0 Å². The maximum Gasteiger partial charge on any atom is 0.114 e. The number of hydrogen-bond donors (Lipinski definition) is 0. The number of benzene rings is 1. The third-order valence-corrected chi connectivity index (χ3v) is 3.49. The van der Waals surface area contributed by atoms with Gasteiger partial charge in [0.25, 0.3) is 0 Å². The van der Waals surface area contributed by atoms with E-state index in [0.29, 0.717) is 0 Å². The molecule has 0 atom stereocenters. The Morgan fingerprint density at radius 2 is 1.60 bits per heavy atom. The van der Waals surface area contributed by atoms with E-state index in [0.717, 1.165) is 40.5 Å². The van der Waals surface area contributed by atoms with Crippen LogP contribution >= 0.6 is 24.4 Å². The molecule has 0 aromatic heterocycles. The summed E-state index contributed by atoms with van der Waals surface area (Å²) >= 11 is 10.8. The first-order chi connectivity index (χ1) is 7.25. The molecule has 1 heterocycles. The molecule has 15 heavy (non-hydrogen) atoms. The Balaban J connectivity index is 2.29. The van der Waals surface area contributed by atoms with Gasteiger partial charge in [-0.1, -0.05) is 62.0 Å². The van der Waals surface area contributed by atoms with Crippen LogP contribution in [-0.2, 0) is 0 Å². The molecular formula is C12H13NS2. The molecule has 2 rings (SSSR count). The molecule has 1 aromatic rings. The van der Waals surface area contributed by atoms with Crippen molar-refractivity contribution in [3.8, 4) is 0 Å². The van der Waals surface area contributed by atoms with E-state index in [-0.39, 0.29) is 0 Å². The molecule has 0 saturated heterocycles. The largest absolute Gasteiger partial charge is 0.323 e. The van der Waals surface area contributed by atoms with E-state index in [1.165, 1.54) is 0 Å². The van der Waals surface area contributed by atoms with Gasteiger partial charge in [-0.05, 0) is 6.42 Å². The average Bonchev–Trinajstić information content (AvgIpc) is 2.51. The van der Waals surface area contributed by atoms with Crippen molar-refractivity contribution in [2.45, 2.75) is 19.8 Å². The molecule has 1 nitrogen and oxygen atoms in total. The summed E-state index contributed by atoms with van der Waals surface area (Å²) in [5.41, 5.74) is 2.24. The Hall–Kier alpha value is -0.800. The van der Waals surface area contributed by atoms with Crippen LogP contribution < -0.4 is 0 Å². The standard InChI is InChI=1S/C12H13NS2/c1-2-3-8-13-11(14)9-6-4-5-7-10(9)12(13)15/h4-7H,2-3,8H2,1H3. The number of rotatable bonds is 3. The van der Waals surface area contributed by atoms with Crippen molar-refractivity contribution in [2.24, 2.45) is 0 Å². The zero-order valence-electron chi connectivity index (χ0n) is 8.69. The topological polar surface area (TPSA) is 3.24 Å². The molecule has 0 N–H and O–H groups in total. The monoisotopic (exact) mass is 235 g/mol. The van der Waals surface area contributed by atoms with Gasteiger partial charge in [-0.2, -0.15) is 0 Å². The van der Waals surface area contributed by atoms with E-state index < -0.39 is 0 Å². The minimum absolute atomic E-state index is 0.893. The van der Waals surface area contributed by atoms with Crippen molar-refractivity contribution >= 4 is 34.4 Å². The highest BCUT2D eigenvalue weighted by Crippen LogP contribution is 2.24. The summed E-state index contributed by atoms with van der Waals surface area (Å²) in [4.78, 5) is 3.87. The Kier molecular flexibility index (Phi) is 3.12. The SMILES string of the molecule is CCCCN1C(=S)c2ccccc2C1=S. The van der Waals surface area contributed by atoms with E-state index >= 15 is 0 Å². The smallest absolute Gasteiger partial charge is 0.114 e. The van der Waals surface area contributed by atoms with Crippen LogP contribution in [0, 0.1) is 0 Å². The Morgan fingerprint density at radius 1 is 1.07 bits per heavy atom. The second-order valence-electron chi connectivity index (χ2n) is 3.66. The van der Waals surface area contributed by atoms with Gasteiger partial charge in [0.05, 0.1) is 0 Å².